The molecule has 0 bridgehead atoms. The van der Waals surface area contributed by atoms with E-state index in [0.29, 0.717) is 0 Å². The highest BCUT2D eigenvalue weighted by molar-refractivity contribution is 8.00. The highest BCUT2D eigenvalue weighted by atomic mass is 32.2. The topological polar surface area (TPSA) is 21.3 Å². The van der Waals surface area contributed by atoms with Crippen LogP contribution in [0.25, 0.3) is 0 Å². The second kappa shape index (κ2) is 4.67. The van der Waals surface area contributed by atoms with E-state index < -0.39 is 0 Å². The molecule has 2 unspecified atom stereocenters. The molecule has 0 radical (unpaired) electrons. The van der Waals surface area contributed by atoms with Gasteiger partial charge >= 0.3 is 0 Å². The highest BCUT2D eigenvalue weighted by Gasteiger charge is 2.24. The van der Waals surface area contributed by atoms with Crippen LogP contribution in [0.15, 0.2) is 0 Å². The monoisotopic (exact) mass is 201 g/mol. The zero-order chi connectivity index (χ0) is 9.10. The van der Waals surface area contributed by atoms with Crippen LogP contribution >= 0.6 is 11.8 Å². The van der Waals surface area contributed by atoms with Crippen LogP contribution in [0, 0.1) is 11.8 Å². The Hall–Kier alpha value is 0.270. The lowest BCUT2D eigenvalue weighted by atomic mass is 9.90. The van der Waals surface area contributed by atoms with Crippen molar-refractivity contribution in [1.82, 2.24) is 5.32 Å². The molecule has 2 nitrogen and oxygen atoms in total. The SMILES string of the molecule is CC1COCCC1CNC1CSC1. The van der Waals surface area contributed by atoms with Crippen LogP contribution in [0.3, 0.4) is 0 Å². The Balaban J connectivity index is 1.66. The van der Waals surface area contributed by atoms with Crippen molar-refractivity contribution in [1.29, 1.82) is 0 Å². The summed E-state index contributed by atoms with van der Waals surface area (Å²) in [6.45, 7) is 5.44. The maximum Gasteiger partial charge on any atom is 0.0494 e. The third kappa shape index (κ3) is 2.61. The number of ether oxygens (including phenoxy) is 1. The van der Waals surface area contributed by atoms with Crippen molar-refractivity contribution < 1.29 is 4.74 Å². The molecule has 0 aliphatic carbocycles. The lowest BCUT2D eigenvalue weighted by Crippen LogP contribution is -2.44. The first-order chi connectivity index (χ1) is 6.36. The molecule has 2 fully saturated rings. The molecule has 2 aliphatic rings. The van der Waals surface area contributed by atoms with Gasteiger partial charge in [0.05, 0.1) is 0 Å². The van der Waals surface area contributed by atoms with Crippen LogP contribution < -0.4 is 5.32 Å². The van der Waals surface area contributed by atoms with Crippen LogP contribution in [0.1, 0.15) is 13.3 Å². The van der Waals surface area contributed by atoms with E-state index in [1.54, 1.807) is 0 Å². The molecular formula is C10H19NOS. The molecule has 0 aromatic carbocycles. The fourth-order valence-electron chi connectivity index (χ4n) is 1.90. The molecule has 2 aliphatic heterocycles. The van der Waals surface area contributed by atoms with Crippen molar-refractivity contribution in [2.45, 2.75) is 19.4 Å². The first kappa shape index (κ1) is 9.81. The summed E-state index contributed by atoms with van der Waals surface area (Å²) < 4.78 is 5.43. The first-order valence-corrected chi connectivity index (χ1v) is 6.40. The van der Waals surface area contributed by atoms with Gasteiger partial charge in [0.1, 0.15) is 0 Å². The van der Waals surface area contributed by atoms with Gasteiger partial charge in [-0.2, -0.15) is 11.8 Å². The highest BCUT2D eigenvalue weighted by Crippen LogP contribution is 2.22. The van der Waals surface area contributed by atoms with E-state index in [1.165, 1.54) is 24.5 Å². The molecule has 0 saturated carbocycles. The van der Waals surface area contributed by atoms with Crippen molar-refractivity contribution in [2.75, 3.05) is 31.3 Å². The second-order valence-electron chi connectivity index (χ2n) is 4.24. The third-order valence-electron chi connectivity index (χ3n) is 3.13. The molecular weight excluding hydrogens is 182 g/mol. The van der Waals surface area contributed by atoms with Gasteiger partial charge in [-0.25, -0.2) is 0 Å². The Morgan fingerprint density at radius 2 is 2.31 bits per heavy atom. The minimum Gasteiger partial charge on any atom is -0.381 e. The Labute approximate surface area is 84.8 Å². The van der Waals surface area contributed by atoms with Crippen LogP contribution in [0.5, 0.6) is 0 Å². The molecule has 3 heteroatoms. The lowest BCUT2D eigenvalue weighted by molar-refractivity contribution is 0.0240. The number of rotatable bonds is 3. The van der Waals surface area contributed by atoms with E-state index in [2.05, 4.69) is 12.2 Å². The van der Waals surface area contributed by atoms with E-state index >= 15 is 0 Å². The average Bonchev–Trinajstić information content (AvgIpc) is 2.05. The van der Waals surface area contributed by atoms with E-state index in [0.717, 1.165) is 31.1 Å². The van der Waals surface area contributed by atoms with Crippen LogP contribution in [-0.4, -0.2) is 37.3 Å². The minimum atomic E-state index is 0.744. The quantitative estimate of drug-likeness (QED) is 0.745. The van der Waals surface area contributed by atoms with E-state index in [1.807, 2.05) is 11.8 Å². The summed E-state index contributed by atoms with van der Waals surface area (Å²) >= 11 is 2.05. The first-order valence-electron chi connectivity index (χ1n) is 5.25. The van der Waals surface area contributed by atoms with Crippen LogP contribution in [0.2, 0.25) is 0 Å². The number of hydrogen-bond donors (Lipinski definition) is 1. The van der Waals surface area contributed by atoms with Crippen molar-refractivity contribution in [3.05, 3.63) is 0 Å². The van der Waals surface area contributed by atoms with Gasteiger partial charge in [0.15, 0.2) is 0 Å². The maximum absolute atomic E-state index is 5.43. The summed E-state index contributed by atoms with van der Waals surface area (Å²) in [6.07, 6.45) is 1.24. The molecule has 0 aromatic rings. The summed E-state index contributed by atoms with van der Waals surface area (Å²) in [6, 6.07) is 0.806. The fraction of sp³-hybridized carbons (Fsp3) is 1.00. The Morgan fingerprint density at radius 1 is 1.46 bits per heavy atom. The zero-order valence-electron chi connectivity index (χ0n) is 8.29. The van der Waals surface area contributed by atoms with Gasteiger partial charge in [-0.1, -0.05) is 6.92 Å². The van der Waals surface area contributed by atoms with Crippen molar-refractivity contribution in [3.8, 4) is 0 Å². The fourth-order valence-corrected chi connectivity index (χ4v) is 2.61. The third-order valence-corrected chi connectivity index (χ3v) is 4.40. The second-order valence-corrected chi connectivity index (χ2v) is 5.32. The van der Waals surface area contributed by atoms with Gasteiger partial charge in [0, 0.05) is 30.8 Å². The number of hydrogen-bond acceptors (Lipinski definition) is 3. The van der Waals surface area contributed by atoms with E-state index in [-0.39, 0.29) is 0 Å². The standard InChI is InChI=1S/C10H19NOS/c1-8-5-12-3-2-9(8)4-11-10-6-13-7-10/h8-11H,2-7H2,1H3. The molecule has 76 valence electrons. The summed E-state index contributed by atoms with van der Waals surface area (Å²) in [4.78, 5) is 0. The summed E-state index contributed by atoms with van der Waals surface area (Å²) in [5, 5.41) is 3.64. The molecule has 13 heavy (non-hydrogen) atoms. The minimum absolute atomic E-state index is 0.744. The lowest BCUT2D eigenvalue weighted by Gasteiger charge is -2.33. The molecule has 2 atom stereocenters. The normalized spacial score (nSPS) is 35.8. The largest absolute Gasteiger partial charge is 0.381 e. The summed E-state index contributed by atoms with van der Waals surface area (Å²) in [7, 11) is 0. The molecule has 0 spiro atoms. The predicted molar refractivity (Wildman–Crippen MR) is 57.2 cm³/mol. The number of nitrogens with one attached hydrogen (secondary N) is 1. The zero-order valence-corrected chi connectivity index (χ0v) is 9.11. The molecule has 2 rings (SSSR count). The van der Waals surface area contributed by atoms with Gasteiger partial charge < -0.3 is 10.1 Å². The average molecular weight is 201 g/mol. The van der Waals surface area contributed by atoms with E-state index in [9.17, 15) is 0 Å². The van der Waals surface area contributed by atoms with Gasteiger partial charge in [-0.3, -0.25) is 0 Å². The van der Waals surface area contributed by atoms with Crippen LogP contribution in [0.4, 0.5) is 0 Å². The Kier molecular flexibility index (Phi) is 3.52. The predicted octanol–water partition coefficient (Wildman–Crippen LogP) is 1.36. The molecule has 2 heterocycles. The van der Waals surface area contributed by atoms with Crippen LogP contribution in [-0.2, 0) is 4.74 Å². The maximum atomic E-state index is 5.43. The Bertz CT molecular complexity index is 161. The molecule has 2 saturated heterocycles. The summed E-state index contributed by atoms with van der Waals surface area (Å²) in [5.74, 6) is 4.23. The molecule has 0 amide bonds. The van der Waals surface area contributed by atoms with Crippen molar-refractivity contribution in [3.63, 3.8) is 0 Å². The number of thioether (sulfide) groups is 1. The van der Waals surface area contributed by atoms with Crippen molar-refractivity contribution >= 4 is 11.8 Å². The smallest absolute Gasteiger partial charge is 0.0494 e. The van der Waals surface area contributed by atoms with Gasteiger partial charge in [-0.05, 0) is 24.8 Å². The van der Waals surface area contributed by atoms with E-state index in [4.69, 9.17) is 4.74 Å². The Morgan fingerprint density at radius 3 is 2.92 bits per heavy atom. The molecule has 1 N–H and O–H groups in total. The van der Waals surface area contributed by atoms with Gasteiger partial charge in [-0.15, -0.1) is 0 Å². The summed E-state index contributed by atoms with van der Waals surface area (Å²) in [5.41, 5.74) is 0. The van der Waals surface area contributed by atoms with Gasteiger partial charge in [0.25, 0.3) is 0 Å². The molecule has 0 aromatic heterocycles. The van der Waals surface area contributed by atoms with Crippen molar-refractivity contribution in [2.24, 2.45) is 11.8 Å². The van der Waals surface area contributed by atoms with Gasteiger partial charge in [0.2, 0.25) is 0 Å².